The number of halogens is 2. The molecule has 10 heteroatoms. The summed E-state index contributed by atoms with van der Waals surface area (Å²) < 4.78 is 13.7. The number of nitrogens with zero attached hydrogens (tertiary/aromatic N) is 2. The number of quaternary nitrogens is 2. The summed E-state index contributed by atoms with van der Waals surface area (Å²) in [6, 6.07) is 12.5. The second-order valence-corrected chi connectivity index (χ2v) is 13.4. The van der Waals surface area contributed by atoms with E-state index in [0.29, 0.717) is 54.8 Å². The number of unbranched alkanes of at least 4 members (excludes halogenated alkanes) is 2. The first kappa shape index (κ1) is 45.3. The van der Waals surface area contributed by atoms with Crippen LogP contribution in [0.2, 0.25) is 0 Å². The molecule has 2 aromatic carbocycles. The van der Waals surface area contributed by atoms with Crippen molar-refractivity contribution in [3.63, 3.8) is 0 Å². The molecule has 8 nitrogen and oxygen atoms in total. The van der Waals surface area contributed by atoms with E-state index in [1.807, 2.05) is 24.3 Å². The lowest BCUT2D eigenvalue weighted by Gasteiger charge is -2.29. The zero-order chi connectivity index (χ0) is 34.0. The lowest BCUT2D eigenvalue weighted by molar-refractivity contribution is -0.882. The molecule has 2 rings (SSSR count). The molecular formula is C38H60Br2N4O4. The van der Waals surface area contributed by atoms with Crippen LogP contribution in [0.3, 0.4) is 0 Å². The lowest BCUT2D eigenvalue weighted by Crippen LogP contribution is -3.00. The Labute approximate surface area is 311 Å². The predicted molar refractivity (Wildman–Crippen MR) is 190 cm³/mol. The van der Waals surface area contributed by atoms with E-state index in [1.165, 1.54) is 0 Å². The van der Waals surface area contributed by atoms with Crippen molar-refractivity contribution in [1.29, 1.82) is 0 Å². The van der Waals surface area contributed by atoms with Gasteiger partial charge in [0.05, 0.1) is 28.2 Å². The molecule has 0 radical (unpaired) electrons. The Kier molecular flexibility index (Phi) is 22.3. The Morgan fingerprint density at radius 1 is 0.729 bits per heavy atom. The number of likely N-dealkylation sites (N-methyl/N-ethyl adjacent to an activating group) is 2. The maximum atomic E-state index is 12.4. The smallest absolute Gasteiger partial charge is 0.275 e. The van der Waals surface area contributed by atoms with Crippen molar-refractivity contribution in [1.82, 2.24) is 10.6 Å². The van der Waals surface area contributed by atoms with E-state index in [4.69, 9.17) is 9.47 Å². The van der Waals surface area contributed by atoms with Crippen LogP contribution in [0.1, 0.15) is 50.7 Å². The molecule has 0 spiro atoms. The number of hydrogen-bond donors (Lipinski definition) is 2. The Bertz CT molecular complexity index is 1280. The molecule has 0 aliphatic heterocycles. The van der Waals surface area contributed by atoms with Crippen LogP contribution in [0.25, 0.3) is 11.1 Å². The molecule has 0 aliphatic rings. The van der Waals surface area contributed by atoms with Crippen molar-refractivity contribution < 1.29 is 62.0 Å². The summed E-state index contributed by atoms with van der Waals surface area (Å²) in [6.07, 6.45) is 9.31. The summed E-state index contributed by atoms with van der Waals surface area (Å²) >= 11 is 0. The summed E-state index contributed by atoms with van der Waals surface area (Å²) in [5, 5.41) is 6.02. The molecule has 0 aromatic heterocycles. The van der Waals surface area contributed by atoms with Gasteiger partial charge in [-0.15, -0.1) is 13.2 Å². The van der Waals surface area contributed by atoms with Crippen molar-refractivity contribution in [2.24, 2.45) is 0 Å². The number of amides is 2. The van der Waals surface area contributed by atoms with E-state index in [9.17, 15) is 9.59 Å². The fourth-order valence-corrected chi connectivity index (χ4v) is 5.09. The zero-order valence-electron chi connectivity index (χ0n) is 30.2. The van der Waals surface area contributed by atoms with Crippen molar-refractivity contribution >= 4 is 11.8 Å². The van der Waals surface area contributed by atoms with Gasteiger partial charge < -0.3 is 63.0 Å². The SMILES string of the molecule is C=CCc1ccc(OCC[N+](C)(C)CC(=O)NCCCC)c(-c2ccc(OCC[N+](C)(C)CC(=O)NCCCC)c(CC=C)c2)c1.[Br-].[Br-]. The quantitative estimate of drug-likeness (QED) is 0.0911. The maximum absolute atomic E-state index is 12.4. The van der Waals surface area contributed by atoms with Gasteiger partial charge in [0.1, 0.15) is 37.8 Å². The van der Waals surface area contributed by atoms with Gasteiger partial charge in [-0.25, -0.2) is 0 Å². The van der Waals surface area contributed by atoms with E-state index in [1.54, 1.807) is 0 Å². The van der Waals surface area contributed by atoms with E-state index in [2.05, 4.69) is 90.1 Å². The molecule has 0 fully saturated rings. The van der Waals surface area contributed by atoms with Gasteiger partial charge in [0, 0.05) is 18.7 Å². The number of hydrogen-bond acceptors (Lipinski definition) is 4. The molecule has 2 N–H and O–H groups in total. The van der Waals surface area contributed by atoms with Gasteiger partial charge in [0.15, 0.2) is 13.1 Å². The minimum Gasteiger partial charge on any atom is -1.00 e. The maximum Gasteiger partial charge on any atom is 0.275 e. The molecule has 2 amide bonds. The van der Waals surface area contributed by atoms with Crippen LogP contribution in [0.4, 0.5) is 0 Å². The second kappa shape index (κ2) is 23.7. The third kappa shape index (κ3) is 17.1. The largest absolute Gasteiger partial charge is 1.00 e. The van der Waals surface area contributed by atoms with Crippen LogP contribution in [0.5, 0.6) is 11.5 Å². The van der Waals surface area contributed by atoms with Crippen LogP contribution in [0, 0.1) is 0 Å². The molecular weight excluding hydrogens is 736 g/mol. The molecule has 0 saturated heterocycles. The highest BCUT2D eigenvalue weighted by molar-refractivity contribution is 5.77. The van der Waals surface area contributed by atoms with Crippen molar-refractivity contribution in [2.75, 3.05) is 80.7 Å². The normalized spacial score (nSPS) is 11.0. The van der Waals surface area contributed by atoms with Gasteiger partial charge in [-0.1, -0.05) is 51.0 Å². The Morgan fingerprint density at radius 2 is 1.23 bits per heavy atom. The minimum atomic E-state index is 0. The van der Waals surface area contributed by atoms with Gasteiger partial charge in [0.2, 0.25) is 0 Å². The van der Waals surface area contributed by atoms with Crippen LogP contribution in [-0.2, 0) is 22.4 Å². The highest BCUT2D eigenvalue weighted by Gasteiger charge is 2.22. The third-order valence-corrected chi connectivity index (χ3v) is 7.92. The first-order valence-corrected chi connectivity index (χ1v) is 16.8. The van der Waals surface area contributed by atoms with Crippen LogP contribution in [-0.4, -0.2) is 101 Å². The minimum absolute atomic E-state index is 0. The van der Waals surface area contributed by atoms with Crippen LogP contribution >= 0.6 is 0 Å². The van der Waals surface area contributed by atoms with Crippen molar-refractivity contribution in [2.45, 2.75) is 52.4 Å². The van der Waals surface area contributed by atoms with Gasteiger partial charge in [-0.05, 0) is 66.6 Å². The molecule has 0 saturated carbocycles. The van der Waals surface area contributed by atoms with E-state index in [0.717, 1.165) is 78.9 Å². The summed E-state index contributed by atoms with van der Waals surface area (Å²) in [7, 11) is 8.21. The van der Waals surface area contributed by atoms with Gasteiger partial charge in [-0.2, -0.15) is 0 Å². The summed E-state index contributed by atoms with van der Waals surface area (Å²) in [6.45, 7) is 16.8. The van der Waals surface area contributed by atoms with E-state index >= 15 is 0 Å². The molecule has 0 aliphatic carbocycles. The second-order valence-electron chi connectivity index (χ2n) is 13.4. The number of rotatable bonds is 23. The number of ether oxygens (including phenoxy) is 2. The highest BCUT2D eigenvalue weighted by Crippen LogP contribution is 2.35. The topological polar surface area (TPSA) is 76.7 Å². The summed E-state index contributed by atoms with van der Waals surface area (Å²) in [5.74, 6) is 1.76. The summed E-state index contributed by atoms with van der Waals surface area (Å²) in [4.78, 5) is 24.8. The van der Waals surface area contributed by atoms with Gasteiger partial charge >= 0.3 is 0 Å². The Balaban J connectivity index is 0.0000110. The fraction of sp³-hybridized carbons (Fsp3) is 0.526. The Hall–Kier alpha value is -2.66. The van der Waals surface area contributed by atoms with Crippen LogP contribution < -0.4 is 54.1 Å². The van der Waals surface area contributed by atoms with Gasteiger partial charge in [-0.3, -0.25) is 9.59 Å². The molecule has 0 atom stereocenters. The number of carbonyl (C=O) groups excluding carboxylic acids is 2. The Morgan fingerprint density at radius 3 is 1.73 bits per heavy atom. The molecule has 0 heterocycles. The predicted octanol–water partition coefficient (Wildman–Crippen LogP) is -0.438. The fourth-order valence-electron chi connectivity index (χ4n) is 5.09. The average molecular weight is 797 g/mol. The first-order valence-electron chi connectivity index (χ1n) is 16.8. The molecule has 0 bridgehead atoms. The number of nitrogens with one attached hydrogen (secondary N) is 2. The number of benzene rings is 2. The molecule has 48 heavy (non-hydrogen) atoms. The molecule has 0 unspecified atom stereocenters. The van der Waals surface area contributed by atoms with Crippen molar-refractivity contribution in [3.8, 4) is 22.6 Å². The van der Waals surface area contributed by atoms with Gasteiger partial charge in [0.25, 0.3) is 11.8 Å². The van der Waals surface area contributed by atoms with E-state index in [-0.39, 0.29) is 45.8 Å². The standard InChI is InChI=1S/C38H58N4O4.2BrH/c1-9-13-21-39-37(43)29-41(5,6)23-25-45-35-20-18-32(28-33(35)16-12-4)34-27-31(15-11-3)17-19-36(34)46-26-24-42(7,8)30-38(44)40-22-14-10-2;;/h11-12,17-20,27-28H,3-4,9-10,13-16,21-26,29-30H2,1-2,5-8H3;2*1H. The third-order valence-electron chi connectivity index (χ3n) is 7.92. The first-order chi connectivity index (χ1) is 21.9. The number of allylic oxidation sites excluding steroid dienone is 2. The molecule has 2 aromatic rings. The monoisotopic (exact) mass is 794 g/mol. The van der Waals surface area contributed by atoms with E-state index < -0.39 is 0 Å². The number of carbonyl (C=O) groups is 2. The lowest BCUT2D eigenvalue weighted by atomic mass is 9.97. The van der Waals surface area contributed by atoms with Crippen LogP contribution in [0.15, 0.2) is 61.7 Å². The zero-order valence-corrected chi connectivity index (χ0v) is 33.4. The van der Waals surface area contributed by atoms with Crippen molar-refractivity contribution in [3.05, 3.63) is 72.8 Å². The molecule has 270 valence electrons. The highest BCUT2D eigenvalue weighted by atomic mass is 79.9. The average Bonchev–Trinajstić information content (AvgIpc) is 2.98. The summed E-state index contributed by atoms with van der Waals surface area (Å²) in [5.41, 5.74) is 4.24.